The Hall–Kier alpha value is -1.37. The Morgan fingerprint density at radius 1 is 1.33 bits per heavy atom. The topological polar surface area (TPSA) is 61.2 Å². The van der Waals surface area contributed by atoms with Crippen LogP contribution in [0.5, 0.6) is 0 Å². The van der Waals surface area contributed by atoms with Gasteiger partial charge in [0.25, 0.3) is 0 Å². The van der Waals surface area contributed by atoms with E-state index < -0.39 is 0 Å². The average molecular weight is 166 g/mol. The van der Waals surface area contributed by atoms with Gasteiger partial charge in [-0.25, -0.2) is 0 Å². The Bertz CT molecular complexity index is 226. The van der Waals surface area contributed by atoms with Gasteiger partial charge in [-0.2, -0.15) is 5.26 Å². The average Bonchev–Trinajstić information content (AvgIpc) is 2.04. The maximum absolute atomic E-state index is 11.1. The number of hydrogen-bond donors (Lipinski definition) is 0. The number of amides is 2. The first-order chi connectivity index (χ1) is 5.75. The minimum Gasteiger partial charge on any atom is -0.282 e. The predicted molar refractivity (Wildman–Crippen MR) is 40.8 cm³/mol. The maximum Gasteiger partial charge on any atom is 0.229 e. The van der Waals surface area contributed by atoms with E-state index in [9.17, 15) is 9.59 Å². The lowest BCUT2D eigenvalue weighted by molar-refractivity contribution is -0.147. The van der Waals surface area contributed by atoms with E-state index in [-0.39, 0.29) is 24.8 Å². The van der Waals surface area contributed by atoms with E-state index in [0.29, 0.717) is 19.3 Å². The van der Waals surface area contributed by atoms with Gasteiger partial charge in [-0.15, -0.1) is 0 Å². The summed E-state index contributed by atoms with van der Waals surface area (Å²) in [4.78, 5) is 23.4. The lowest BCUT2D eigenvalue weighted by atomic mass is 10.1. The summed E-state index contributed by atoms with van der Waals surface area (Å²) in [6.07, 6.45) is 1.77. The van der Waals surface area contributed by atoms with Crippen molar-refractivity contribution >= 4 is 11.8 Å². The van der Waals surface area contributed by atoms with Crippen molar-refractivity contribution in [3.8, 4) is 6.07 Å². The van der Waals surface area contributed by atoms with Gasteiger partial charge in [0.05, 0.1) is 12.5 Å². The second-order valence-electron chi connectivity index (χ2n) is 2.70. The number of likely N-dealkylation sites (tertiary alicyclic amines) is 1. The molecule has 1 aliphatic rings. The molecule has 64 valence electrons. The zero-order chi connectivity index (χ0) is 8.97. The zero-order valence-electron chi connectivity index (χ0n) is 6.75. The molecule has 1 heterocycles. The van der Waals surface area contributed by atoms with E-state index in [4.69, 9.17) is 5.26 Å². The molecule has 0 unspecified atom stereocenters. The van der Waals surface area contributed by atoms with Crippen molar-refractivity contribution in [2.24, 2.45) is 0 Å². The number of hydrogen-bond acceptors (Lipinski definition) is 3. The lowest BCUT2D eigenvalue weighted by Gasteiger charge is -2.23. The summed E-state index contributed by atoms with van der Waals surface area (Å²) in [6, 6.07) is 1.91. The number of imide groups is 1. The van der Waals surface area contributed by atoms with Gasteiger partial charge in [0, 0.05) is 19.4 Å². The Morgan fingerprint density at radius 2 is 1.92 bits per heavy atom. The SMILES string of the molecule is N#CCCN1C(=O)CCCC1=O. The highest BCUT2D eigenvalue weighted by Gasteiger charge is 2.24. The highest BCUT2D eigenvalue weighted by atomic mass is 16.2. The normalized spacial score (nSPS) is 17.8. The molecule has 2 amide bonds. The van der Waals surface area contributed by atoms with Crippen LogP contribution in [0.25, 0.3) is 0 Å². The largest absolute Gasteiger partial charge is 0.282 e. The number of carbonyl (C=O) groups excluding carboxylic acids is 2. The molecule has 0 aromatic carbocycles. The van der Waals surface area contributed by atoms with Crippen molar-refractivity contribution in [2.45, 2.75) is 25.7 Å². The first-order valence-electron chi connectivity index (χ1n) is 3.96. The molecule has 4 heteroatoms. The molecule has 0 radical (unpaired) electrons. The van der Waals surface area contributed by atoms with E-state index in [1.165, 1.54) is 4.90 Å². The van der Waals surface area contributed by atoms with Crippen LogP contribution >= 0.6 is 0 Å². The summed E-state index contributed by atoms with van der Waals surface area (Å²) in [5, 5.41) is 8.27. The standard InChI is InChI=1S/C8H10N2O2/c9-5-2-6-10-7(11)3-1-4-8(10)12/h1-4,6H2. The van der Waals surface area contributed by atoms with Crippen molar-refractivity contribution in [1.82, 2.24) is 4.90 Å². The molecular weight excluding hydrogens is 156 g/mol. The van der Waals surface area contributed by atoms with Gasteiger partial charge in [-0.3, -0.25) is 14.5 Å². The molecular formula is C8H10N2O2. The van der Waals surface area contributed by atoms with Gasteiger partial charge in [0.15, 0.2) is 0 Å². The molecule has 1 saturated heterocycles. The van der Waals surface area contributed by atoms with Gasteiger partial charge in [-0.1, -0.05) is 0 Å². The van der Waals surface area contributed by atoms with Crippen LogP contribution in [0, 0.1) is 11.3 Å². The monoisotopic (exact) mass is 166 g/mol. The molecule has 0 N–H and O–H groups in total. The van der Waals surface area contributed by atoms with Crippen molar-refractivity contribution in [1.29, 1.82) is 5.26 Å². The lowest BCUT2D eigenvalue weighted by Crippen LogP contribution is -2.40. The minimum atomic E-state index is -0.137. The van der Waals surface area contributed by atoms with Crippen molar-refractivity contribution in [2.75, 3.05) is 6.54 Å². The maximum atomic E-state index is 11.1. The fourth-order valence-electron chi connectivity index (χ4n) is 1.21. The van der Waals surface area contributed by atoms with E-state index in [2.05, 4.69) is 0 Å². The van der Waals surface area contributed by atoms with Crippen LogP contribution in [0.1, 0.15) is 25.7 Å². The van der Waals surface area contributed by atoms with Crippen LogP contribution in [0.4, 0.5) is 0 Å². The molecule has 0 aromatic rings. The predicted octanol–water partition coefficient (Wildman–Crippen LogP) is 0.439. The van der Waals surface area contributed by atoms with Crippen LogP contribution in [-0.4, -0.2) is 23.3 Å². The molecule has 0 bridgehead atoms. The number of carbonyl (C=O) groups is 2. The molecule has 0 aliphatic carbocycles. The third-order valence-corrected chi connectivity index (χ3v) is 1.83. The highest BCUT2D eigenvalue weighted by molar-refractivity contribution is 5.97. The quantitative estimate of drug-likeness (QED) is 0.559. The number of piperidine rings is 1. The second kappa shape index (κ2) is 3.86. The minimum absolute atomic E-state index is 0.137. The van der Waals surface area contributed by atoms with E-state index in [0.717, 1.165) is 0 Å². The van der Waals surface area contributed by atoms with Crippen molar-refractivity contribution in [3.63, 3.8) is 0 Å². The molecule has 1 aliphatic heterocycles. The number of nitriles is 1. The molecule has 0 spiro atoms. The summed E-state index contributed by atoms with van der Waals surface area (Å²) < 4.78 is 0. The molecule has 12 heavy (non-hydrogen) atoms. The molecule has 0 saturated carbocycles. The van der Waals surface area contributed by atoms with Gasteiger partial charge in [-0.05, 0) is 6.42 Å². The first kappa shape index (κ1) is 8.72. The Morgan fingerprint density at radius 3 is 2.42 bits per heavy atom. The fraction of sp³-hybridized carbons (Fsp3) is 0.625. The van der Waals surface area contributed by atoms with Gasteiger partial charge < -0.3 is 0 Å². The third-order valence-electron chi connectivity index (χ3n) is 1.83. The molecule has 1 fully saturated rings. The van der Waals surface area contributed by atoms with Crippen LogP contribution in [-0.2, 0) is 9.59 Å². The summed E-state index contributed by atoms with van der Waals surface area (Å²) in [6.45, 7) is 0.258. The highest BCUT2D eigenvalue weighted by Crippen LogP contribution is 2.11. The summed E-state index contributed by atoms with van der Waals surface area (Å²) in [7, 11) is 0. The van der Waals surface area contributed by atoms with E-state index >= 15 is 0 Å². The van der Waals surface area contributed by atoms with Crippen LogP contribution < -0.4 is 0 Å². The fourth-order valence-corrected chi connectivity index (χ4v) is 1.21. The van der Waals surface area contributed by atoms with Crippen LogP contribution in [0.3, 0.4) is 0 Å². The number of rotatable bonds is 2. The zero-order valence-corrected chi connectivity index (χ0v) is 6.75. The molecule has 0 atom stereocenters. The Balaban J connectivity index is 2.52. The van der Waals surface area contributed by atoms with Gasteiger partial charge in [0.2, 0.25) is 11.8 Å². The van der Waals surface area contributed by atoms with Crippen molar-refractivity contribution in [3.05, 3.63) is 0 Å². The number of nitrogens with zero attached hydrogens (tertiary/aromatic N) is 2. The van der Waals surface area contributed by atoms with E-state index in [1.54, 1.807) is 0 Å². The summed E-state index contributed by atoms with van der Waals surface area (Å²) in [5.74, 6) is -0.275. The van der Waals surface area contributed by atoms with Crippen LogP contribution in [0.15, 0.2) is 0 Å². The third kappa shape index (κ3) is 1.82. The summed E-state index contributed by atoms with van der Waals surface area (Å²) in [5.41, 5.74) is 0. The first-order valence-corrected chi connectivity index (χ1v) is 3.96. The van der Waals surface area contributed by atoms with Crippen molar-refractivity contribution < 1.29 is 9.59 Å². The summed E-state index contributed by atoms with van der Waals surface area (Å²) >= 11 is 0. The Kier molecular flexibility index (Phi) is 2.81. The molecule has 0 aromatic heterocycles. The second-order valence-corrected chi connectivity index (χ2v) is 2.70. The molecule has 1 rings (SSSR count). The van der Waals surface area contributed by atoms with Gasteiger partial charge in [0.1, 0.15) is 0 Å². The Labute approximate surface area is 70.8 Å². The smallest absolute Gasteiger partial charge is 0.229 e. The van der Waals surface area contributed by atoms with Crippen LogP contribution in [0.2, 0.25) is 0 Å². The van der Waals surface area contributed by atoms with Gasteiger partial charge >= 0.3 is 0 Å². The van der Waals surface area contributed by atoms with E-state index in [1.807, 2.05) is 6.07 Å². The molecule has 4 nitrogen and oxygen atoms in total.